The van der Waals surface area contributed by atoms with Gasteiger partial charge in [-0.2, -0.15) is 5.10 Å². The number of pyridine rings is 1. The minimum atomic E-state index is -1.18. The van der Waals surface area contributed by atoms with Gasteiger partial charge in [-0.05, 0) is 109 Å². The van der Waals surface area contributed by atoms with Crippen molar-refractivity contribution in [3.8, 4) is 16.9 Å². The number of halogens is 5. The number of nitrogens with one attached hydrogen (secondary N) is 6. The number of carbonyl (C=O) groups is 3. The van der Waals surface area contributed by atoms with E-state index in [1.807, 2.05) is 22.6 Å². The lowest BCUT2D eigenvalue weighted by atomic mass is 10.1. The quantitative estimate of drug-likeness (QED) is 0.0487. The van der Waals surface area contributed by atoms with Crippen molar-refractivity contribution in [2.75, 3.05) is 23.7 Å². The van der Waals surface area contributed by atoms with E-state index in [0.29, 0.717) is 48.3 Å². The molecule has 3 aromatic carbocycles. The summed E-state index contributed by atoms with van der Waals surface area (Å²) < 4.78 is 35.7. The van der Waals surface area contributed by atoms with Gasteiger partial charge in [0.25, 0.3) is 17.0 Å². The highest BCUT2D eigenvalue weighted by molar-refractivity contribution is 14.1. The Balaban J connectivity index is 0.952. The Labute approximate surface area is 447 Å². The number of H-pyrrole nitrogens is 1. The summed E-state index contributed by atoms with van der Waals surface area (Å²) in [5, 5.41) is 19.1. The number of rotatable bonds is 18. The second-order valence-corrected chi connectivity index (χ2v) is 21.0. The lowest BCUT2D eigenvalue weighted by Crippen LogP contribution is -2.50. The first-order chi connectivity index (χ1) is 35.4. The van der Waals surface area contributed by atoms with Crippen molar-refractivity contribution in [3.05, 3.63) is 169 Å². The summed E-state index contributed by atoms with van der Waals surface area (Å²) in [6, 6.07) is 16.0. The SMILES string of the molecule is Cc1c(=O)n(C)c(Nc2ccc(I)cc2F)c2c(=O)n(C3CC3)c(=O)n(-c3cccc(NC(=O)[C@H](Cc4cnc[nH]4)NC(=O)CNC[C@H](Cc4cccc(F)c4)NC(=O)c4cc(-c5c(Cl)cnn5C)c(Cl)s4)c3)c12. The molecule has 382 valence electrons. The number of hydrogen-bond donors (Lipinski definition) is 6. The Hall–Kier alpha value is -6.99. The predicted molar refractivity (Wildman–Crippen MR) is 288 cm³/mol. The van der Waals surface area contributed by atoms with E-state index in [1.165, 1.54) is 72.2 Å². The third kappa shape index (κ3) is 11.1. The Morgan fingerprint density at radius 3 is 2.43 bits per heavy atom. The molecule has 1 saturated carbocycles. The molecule has 1 aliphatic rings. The summed E-state index contributed by atoms with van der Waals surface area (Å²) in [6.07, 6.45) is 5.72. The van der Waals surface area contributed by atoms with Crippen molar-refractivity contribution in [1.82, 2.24) is 49.4 Å². The molecular weight excluding hydrogens is 1130 g/mol. The first-order valence-corrected chi connectivity index (χ1v) is 25.6. The van der Waals surface area contributed by atoms with Gasteiger partial charge in [-0.1, -0.05) is 41.4 Å². The van der Waals surface area contributed by atoms with E-state index in [-0.39, 0.29) is 70.2 Å². The maximum Gasteiger partial charge on any atom is 0.336 e. The largest absolute Gasteiger partial charge is 0.348 e. The van der Waals surface area contributed by atoms with Gasteiger partial charge in [0.15, 0.2) is 0 Å². The van der Waals surface area contributed by atoms with Gasteiger partial charge in [0, 0.05) is 71.4 Å². The second kappa shape index (κ2) is 21.8. The average Bonchev–Trinajstić information content (AvgIpc) is 3.76. The fourth-order valence-corrected chi connectivity index (χ4v) is 10.6. The highest BCUT2D eigenvalue weighted by Crippen LogP contribution is 2.39. The van der Waals surface area contributed by atoms with Crippen LogP contribution in [0.15, 0.2) is 106 Å². The van der Waals surface area contributed by atoms with Crippen LogP contribution in [0.4, 0.5) is 26.0 Å². The lowest BCUT2D eigenvalue weighted by molar-refractivity contribution is -0.126. The number of fused-ring (bicyclic) bond motifs is 1. The Morgan fingerprint density at radius 1 is 0.946 bits per heavy atom. The van der Waals surface area contributed by atoms with Crippen molar-refractivity contribution in [3.63, 3.8) is 0 Å². The van der Waals surface area contributed by atoms with E-state index in [9.17, 15) is 33.2 Å². The smallest absolute Gasteiger partial charge is 0.336 e. The molecule has 6 N–H and O–H groups in total. The number of hydrogen-bond acceptors (Lipinski definition) is 11. The van der Waals surface area contributed by atoms with E-state index in [0.717, 1.165) is 15.9 Å². The van der Waals surface area contributed by atoms with Crippen LogP contribution in [-0.2, 0) is 36.5 Å². The lowest BCUT2D eigenvalue weighted by Gasteiger charge is -2.22. The number of benzene rings is 3. The number of amides is 3. The molecule has 0 spiro atoms. The summed E-state index contributed by atoms with van der Waals surface area (Å²) in [6.45, 7) is 1.25. The molecular formula is C50H45Cl2F2IN12O6S. The molecule has 9 rings (SSSR count). The number of thiophene rings is 1. The third-order valence-electron chi connectivity index (χ3n) is 12.4. The molecule has 24 heteroatoms. The molecule has 0 radical (unpaired) electrons. The molecule has 2 atom stereocenters. The van der Waals surface area contributed by atoms with Gasteiger partial charge in [-0.3, -0.25) is 42.4 Å². The van der Waals surface area contributed by atoms with Gasteiger partial charge in [-0.15, -0.1) is 11.3 Å². The van der Waals surface area contributed by atoms with E-state index >= 15 is 4.39 Å². The molecule has 1 aliphatic carbocycles. The normalized spacial score (nSPS) is 13.2. The van der Waals surface area contributed by atoms with Crippen molar-refractivity contribution >= 4 is 103 Å². The topological polar surface area (TPSA) is 224 Å². The van der Waals surface area contributed by atoms with Gasteiger partial charge in [-0.25, -0.2) is 18.6 Å². The first kappa shape index (κ1) is 51.9. The van der Waals surface area contributed by atoms with Gasteiger partial charge < -0.3 is 31.6 Å². The third-order valence-corrected chi connectivity index (χ3v) is 14.7. The molecule has 5 heterocycles. The molecule has 1 fully saturated rings. The van der Waals surface area contributed by atoms with E-state index in [4.69, 9.17) is 23.2 Å². The van der Waals surface area contributed by atoms with Crippen LogP contribution in [0.25, 0.3) is 27.8 Å². The zero-order chi connectivity index (χ0) is 52.5. The molecule has 0 saturated heterocycles. The first-order valence-electron chi connectivity index (χ1n) is 23.0. The number of carbonyl (C=O) groups excluding carboxylic acids is 3. The highest BCUT2D eigenvalue weighted by Gasteiger charge is 2.32. The highest BCUT2D eigenvalue weighted by atomic mass is 127. The minimum absolute atomic E-state index is 0.00250. The Kier molecular flexibility index (Phi) is 15.3. The Bertz CT molecular complexity index is 3670. The molecule has 5 aromatic heterocycles. The zero-order valence-electron chi connectivity index (χ0n) is 39.6. The van der Waals surface area contributed by atoms with Gasteiger partial charge in [0.2, 0.25) is 11.8 Å². The number of nitrogens with zero attached hydrogens (tertiary/aromatic N) is 6. The standard InChI is InChI=1S/C50H45Cl2F2IN12O6S/c1-25-42-41(45(64(2)48(25)71)63-37-13-10-28(55)16-36(37)54)49(72)67(32-11-12-32)50(73)66(42)33-9-5-8-29(17-33)60-46(69)38(18-30-20-57-24-58-30)62-40(68)23-56-21-31(15-26-6-4-7-27(53)14-26)61-47(70)39-19-34(44(52)74-39)43-35(51)22-59-65(43)3/h4-10,13-14,16-17,19-20,22,24,31-32,38,56,63H,11-12,15,18,21,23H2,1-3H3,(H,57,58)(H,60,69)(H,61,70)(H,62,68)/t31-,38-/m0/s1. The average molecular weight is 1180 g/mol. The summed E-state index contributed by atoms with van der Waals surface area (Å²) in [4.78, 5) is 91.7. The maximum absolute atomic E-state index is 15.3. The fourth-order valence-electron chi connectivity index (χ4n) is 8.69. The number of aromatic amines is 1. The van der Waals surface area contributed by atoms with Crippen molar-refractivity contribution in [2.45, 2.75) is 50.7 Å². The van der Waals surface area contributed by atoms with Crippen molar-refractivity contribution in [1.29, 1.82) is 0 Å². The molecule has 3 amide bonds. The van der Waals surface area contributed by atoms with Gasteiger partial charge in [0.05, 0.1) is 51.6 Å². The van der Waals surface area contributed by atoms with Crippen LogP contribution in [0.5, 0.6) is 0 Å². The van der Waals surface area contributed by atoms with Crippen LogP contribution < -0.4 is 43.4 Å². The predicted octanol–water partition coefficient (Wildman–Crippen LogP) is 6.91. The minimum Gasteiger partial charge on any atom is -0.348 e. The molecule has 18 nitrogen and oxygen atoms in total. The van der Waals surface area contributed by atoms with E-state index in [1.54, 1.807) is 54.2 Å². The van der Waals surface area contributed by atoms with E-state index in [2.05, 4.69) is 41.7 Å². The molecule has 8 aromatic rings. The van der Waals surface area contributed by atoms with Crippen LogP contribution in [0.1, 0.15) is 45.4 Å². The van der Waals surface area contributed by atoms with Gasteiger partial charge >= 0.3 is 5.69 Å². The van der Waals surface area contributed by atoms with Crippen LogP contribution in [-0.4, -0.2) is 76.3 Å². The van der Waals surface area contributed by atoms with Crippen LogP contribution in [0.2, 0.25) is 9.36 Å². The summed E-state index contributed by atoms with van der Waals surface area (Å²) >= 11 is 15.9. The second-order valence-electron chi connectivity index (χ2n) is 17.7. The van der Waals surface area contributed by atoms with Gasteiger partial charge in [0.1, 0.15) is 33.2 Å². The molecule has 74 heavy (non-hydrogen) atoms. The van der Waals surface area contributed by atoms with Crippen molar-refractivity contribution < 1.29 is 23.2 Å². The maximum atomic E-state index is 15.3. The summed E-state index contributed by atoms with van der Waals surface area (Å²) in [7, 11) is 3.15. The number of aryl methyl sites for hydroxylation is 2. The van der Waals surface area contributed by atoms with Crippen LogP contribution >= 0.6 is 57.1 Å². The van der Waals surface area contributed by atoms with Crippen LogP contribution in [0.3, 0.4) is 0 Å². The fraction of sp³-hybridized carbons (Fsp3) is 0.240. The molecule has 0 bridgehead atoms. The number of aromatic nitrogens is 7. The number of anilines is 3. The number of imidazole rings is 1. The zero-order valence-corrected chi connectivity index (χ0v) is 44.1. The summed E-state index contributed by atoms with van der Waals surface area (Å²) in [5.74, 6) is -2.78. The van der Waals surface area contributed by atoms with E-state index < -0.39 is 64.3 Å². The summed E-state index contributed by atoms with van der Waals surface area (Å²) in [5.41, 5.74) is 0.775. The van der Waals surface area contributed by atoms with Crippen LogP contribution in [0, 0.1) is 22.1 Å². The molecule has 0 unspecified atom stereocenters. The van der Waals surface area contributed by atoms with Crippen molar-refractivity contribution in [2.24, 2.45) is 14.1 Å². The Morgan fingerprint density at radius 2 is 1.73 bits per heavy atom. The monoisotopic (exact) mass is 1180 g/mol. The molecule has 0 aliphatic heterocycles.